The van der Waals surface area contributed by atoms with Gasteiger partial charge in [0, 0.05) is 12.6 Å². The Labute approximate surface area is 114 Å². The van der Waals surface area contributed by atoms with Crippen molar-refractivity contribution in [1.82, 2.24) is 9.78 Å². The molecule has 1 aromatic heterocycles. The largest absolute Gasteiger partial charge is 0.294 e. The van der Waals surface area contributed by atoms with E-state index in [0.29, 0.717) is 12.0 Å². The molecule has 2 aromatic rings. The minimum Gasteiger partial charge on any atom is -0.294 e. The molecular formula is C16H20N2O. The van der Waals surface area contributed by atoms with E-state index in [1.807, 2.05) is 30.3 Å². The monoisotopic (exact) mass is 256 g/mol. The molecule has 0 aliphatic rings. The number of carbonyl (C=O) groups is 1. The predicted octanol–water partition coefficient (Wildman–Crippen LogP) is 3.88. The van der Waals surface area contributed by atoms with Gasteiger partial charge in [0.1, 0.15) is 0 Å². The molecule has 0 aliphatic carbocycles. The number of ketones is 1. The van der Waals surface area contributed by atoms with E-state index in [1.54, 1.807) is 17.1 Å². The van der Waals surface area contributed by atoms with Crippen LogP contribution in [-0.2, 0) is 0 Å². The fourth-order valence-electron chi connectivity index (χ4n) is 1.82. The van der Waals surface area contributed by atoms with E-state index in [4.69, 9.17) is 0 Å². The normalized spacial score (nSPS) is 11.5. The lowest BCUT2D eigenvalue weighted by molar-refractivity contribution is 0.0966. The molecule has 0 atom stereocenters. The molecule has 0 amide bonds. The van der Waals surface area contributed by atoms with Crippen molar-refractivity contribution in [2.75, 3.05) is 0 Å². The zero-order valence-electron chi connectivity index (χ0n) is 11.8. The number of carbonyl (C=O) groups excluding carboxylic acids is 1. The summed E-state index contributed by atoms with van der Waals surface area (Å²) in [6.45, 7) is 6.44. The smallest absolute Gasteiger partial charge is 0.166 e. The van der Waals surface area contributed by atoms with Crippen LogP contribution in [0.4, 0.5) is 0 Å². The zero-order valence-corrected chi connectivity index (χ0v) is 11.8. The van der Waals surface area contributed by atoms with Crippen LogP contribution in [0.5, 0.6) is 0 Å². The fraction of sp³-hybridized carbons (Fsp3) is 0.375. The summed E-state index contributed by atoms with van der Waals surface area (Å²) < 4.78 is 1.74. The Bertz CT molecular complexity index is 550. The Morgan fingerprint density at radius 3 is 2.53 bits per heavy atom. The third-order valence-corrected chi connectivity index (χ3v) is 3.03. The van der Waals surface area contributed by atoms with Crippen molar-refractivity contribution < 1.29 is 4.79 Å². The van der Waals surface area contributed by atoms with Gasteiger partial charge in [-0.15, -0.1) is 0 Å². The first-order valence-corrected chi connectivity index (χ1v) is 6.59. The number of aromatic nitrogens is 2. The first kappa shape index (κ1) is 13.5. The average Bonchev–Trinajstić information content (AvgIpc) is 2.86. The van der Waals surface area contributed by atoms with Gasteiger partial charge in [-0.3, -0.25) is 4.79 Å². The van der Waals surface area contributed by atoms with E-state index in [-0.39, 0.29) is 11.2 Å². The molecule has 1 aromatic carbocycles. The van der Waals surface area contributed by atoms with Gasteiger partial charge in [-0.2, -0.15) is 5.10 Å². The molecule has 0 N–H and O–H groups in total. The van der Waals surface area contributed by atoms with Crippen LogP contribution in [0, 0.1) is 5.41 Å². The Kier molecular flexibility index (Phi) is 3.84. The maximum Gasteiger partial charge on any atom is 0.166 e. The van der Waals surface area contributed by atoms with Gasteiger partial charge in [0.25, 0.3) is 0 Å². The SMILES string of the molecule is CC(C)(C)CCC(=O)c1cnn(-c2ccccc2)c1. The molecule has 1 heterocycles. The Balaban J connectivity index is 2.07. The minimum atomic E-state index is 0.164. The van der Waals surface area contributed by atoms with Crippen LogP contribution >= 0.6 is 0 Å². The van der Waals surface area contributed by atoms with Crippen molar-refractivity contribution >= 4 is 5.78 Å². The fourth-order valence-corrected chi connectivity index (χ4v) is 1.82. The van der Waals surface area contributed by atoms with Gasteiger partial charge in [0.05, 0.1) is 17.4 Å². The summed E-state index contributed by atoms with van der Waals surface area (Å²) in [6, 6.07) is 9.81. The first-order valence-electron chi connectivity index (χ1n) is 6.59. The molecule has 3 nitrogen and oxygen atoms in total. The summed E-state index contributed by atoms with van der Waals surface area (Å²) in [6.07, 6.45) is 4.92. The van der Waals surface area contributed by atoms with Gasteiger partial charge in [0.15, 0.2) is 5.78 Å². The number of rotatable bonds is 4. The molecule has 100 valence electrons. The van der Waals surface area contributed by atoms with Gasteiger partial charge < -0.3 is 0 Å². The number of hydrogen-bond donors (Lipinski definition) is 0. The molecule has 0 radical (unpaired) electrons. The molecule has 0 bridgehead atoms. The van der Waals surface area contributed by atoms with Crippen LogP contribution in [0.15, 0.2) is 42.7 Å². The Morgan fingerprint density at radius 1 is 1.21 bits per heavy atom. The van der Waals surface area contributed by atoms with Crippen LogP contribution in [-0.4, -0.2) is 15.6 Å². The van der Waals surface area contributed by atoms with E-state index >= 15 is 0 Å². The van der Waals surface area contributed by atoms with Crippen LogP contribution in [0.2, 0.25) is 0 Å². The van der Waals surface area contributed by atoms with Crippen molar-refractivity contribution in [3.63, 3.8) is 0 Å². The lowest BCUT2D eigenvalue weighted by Gasteiger charge is -2.16. The second kappa shape index (κ2) is 5.39. The van der Waals surface area contributed by atoms with Crippen molar-refractivity contribution in [3.8, 4) is 5.69 Å². The summed E-state index contributed by atoms with van der Waals surface area (Å²) in [4.78, 5) is 12.1. The molecule has 0 spiro atoms. The van der Waals surface area contributed by atoms with E-state index < -0.39 is 0 Å². The number of para-hydroxylation sites is 1. The maximum atomic E-state index is 12.1. The lowest BCUT2D eigenvalue weighted by atomic mass is 9.89. The van der Waals surface area contributed by atoms with Gasteiger partial charge in [0.2, 0.25) is 0 Å². The van der Waals surface area contributed by atoms with Crippen LogP contribution in [0.3, 0.4) is 0 Å². The summed E-state index contributed by atoms with van der Waals surface area (Å²) >= 11 is 0. The molecule has 0 saturated heterocycles. The van der Waals surface area contributed by atoms with Crippen molar-refractivity contribution in [2.45, 2.75) is 33.6 Å². The van der Waals surface area contributed by atoms with Crippen molar-refractivity contribution in [1.29, 1.82) is 0 Å². The van der Waals surface area contributed by atoms with Crippen LogP contribution in [0.1, 0.15) is 44.0 Å². The van der Waals surface area contributed by atoms with E-state index in [9.17, 15) is 4.79 Å². The molecule has 0 unspecified atom stereocenters. The number of Topliss-reactive ketones (excluding diaryl/α,β-unsaturated/α-hetero) is 1. The van der Waals surface area contributed by atoms with E-state index in [0.717, 1.165) is 12.1 Å². The topological polar surface area (TPSA) is 34.9 Å². The zero-order chi connectivity index (χ0) is 13.9. The van der Waals surface area contributed by atoms with Gasteiger partial charge in [-0.1, -0.05) is 39.0 Å². The van der Waals surface area contributed by atoms with Crippen LogP contribution in [0.25, 0.3) is 5.69 Å². The van der Waals surface area contributed by atoms with Gasteiger partial charge in [-0.25, -0.2) is 4.68 Å². The summed E-state index contributed by atoms with van der Waals surface area (Å²) in [5.41, 5.74) is 1.84. The molecule has 0 saturated carbocycles. The second-order valence-corrected chi connectivity index (χ2v) is 5.99. The highest BCUT2D eigenvalue weighted by Crippen LogP contribution is 2.22. The highest BCUT2D eigenvalue weighted by Gasteiger charge is 2.15. The second-order valence-electron chi connectivity index (χ2n) is 5.99. The highest BCUT2D eigenvalue weighted by molar-refractivity contribution is 5.95. The maximum absolute atomic E-state index is 12.1. The van der Waals surface area contributed by atoms with Crippen LogP contribution < -0.4 is 0 Å². The minimum absolute atomic E-state index is 0.164. The molecule has 2 rings (SSSR count). The van der Waals surface area contributed by atoms with Crippen molar-refractivity contribution in [3.05, 3.63) is 48.3 Å². The average molecular weight is 256 g/mol. The third kappa shape index (κ3) is 3.78. The molecule has 19 heavy (non-hydrogen) atoms. The van der Waals surface area contributed by atoms with Crippen molar-refractivity contribution in [2.24, 2.45) is 5.41 Å². The molecule has 0 fully saturated rings. The Hall–Kier alpha value is -1.90. The van der Waals surface area contributed by atoms with Gasteiger partial charge in [-0.05, 0) is 24.0 Å². The quantitative estimate of drug-likeness (QED) is 0.778. The molecule has 3 heteroatoms. The van der Waals surface area contributed by atoms with E-state index in [1.165, 1.54) is 0 Å². The highest BCUT2D eigenvalue weighted by atomic mass is 16.1. The lowest BCUT2D eigenvalue weighted by Crippen LogP contribution is -2.08. The van der Waals surface area contributed by atoms with Gasteiger partial charge >= 0.3 is 0 Å². The summed E-state index contributed by atoms with van der Waals surface area (Å²) in [5, 5.41) is 4.25. The number of benzene rings is 1. The molecule has 0 aliphatic heterocycles. The third-order valence-electron chi connectivity index (χ3n) is 3.03. The standard InChI is InChI=1S/C16H20N2O/c1-16(2,3)10-9-15(19)13-11-17-18(12-13)14-7-5-4-6-8-14/h4-8,11-12H,9-10H2,1-3H3. The van der Waals surface area contributed by atoms with E-state index in [2.05, 4.69) is 25.9 Å². The predicted molar refractivity (Wildman–Crippen MR) is 76.6 cm³/mol. The number of hydrogen-bond acceptors (Lipinski definition) is 2. The number of nitrogens with zero attached hydrogens (tertiary/aromatic N) is 2. The summed E-state index contributed by atoms with van der Waals surface area (Å²) in [7, 11) is 0. The molecular weight excluding hydrogens is 236 g/mol. The summed E-state index contributed by atoms with van der Waals surface area (Å²) in [5.74, 6) is 0.164. The Morgan fingerprint density at radius 2 is 1.89 bits per heavy atom. The first-order chi connectivity index (χ1) is 8.96.